The molecule has 1 N–H and O–H groups in total. The highest BCUT2D eigenvalue weighted by molar-refractivity contribution is 6.32. The number of rotatable bonds is 5. The normalized spacial score (nSPS) is 10.6. The van der Waals surface area contributed by atoms with Gasteiger partial charge in [0.05, 0.1) is 11.5 Å². The molecule has 0 aliphatic carbocycles. The van der Waals surface area contributed by atoms with E-state index in [1.165, 1.54) is 12.1 Å². The van der Waals surface area contributed by atoms with Crippen LogP contribution in [0.25, 0.3) is 0 Å². The average Bonchev–Trinajstić information content (AvgIpc) is 2.77. The van der Waals surface area contributed by atoms with Gasteiger partial charge in [-0.1, -0.05) is 22.8 Å². The predicted octanol–water partition coefficient (Wildman–Crippen LogP) is 2.23. The minimum Gasteiger partial charge on any atom is -0.338 e. The van der Waals surface area contributed by atoms with Crippen molar-refractivity contribution in [1.29, 1.82) is 0 Å². The van der Waals surface area contributed by atoms with E-state index in [-0.39, 0.29) is 10.7 Å². The lowest BCUT2D eigenvalue weighted by Gasteiger charge is -2.03. The minimum absolute atomic E-state index is 0.102. The van der Waals surface area contributed by atoms with Crippen LogP contribution >= 0.6 is 11.6 Å². The standard InChI is InChI=1S/C11H11ClN4O3/c1-7-14-11(19-15-7)6-13-5-8-2-3-9(12)10(4-8)16(17)18/h2-4,13H,5-6H2,1H3. The van der Waals surface area contributed by atoms with Crippen molar-refractivity contribution < 1.29 is 9.45 Å². The number of aryl methyl sites for hydroxylation is 1. The zero-order chi connectivity index (χ0) is 13.8. The number of aromatic nitrogens is 2. The van der Waals surface area contributed by atoms with Gasteiger partial charge in [-0.2, -0.15) is 4.98 Å². The molecule has 1 aromatic carbocycles. The first-order valence-corrected chi connectivity index (χ1v) is 5.87. The van der Waals surface area contributed by atoms with E-state index in [1.54, 1.807) is 13.0 Å². The maximum absolute atomic E-state index is 10.7. The summed E-state index contributed by atoms with van der Waals surface area (Å²) in [5.41, 5.74) is 0.655. The van der Waals surface area contributed by atoms with Gasteiger partial charge in [0.25, 0.3) is 5.69 Å². The first kappa shape index (κ1) is 13.4. The van der Waals surface area contributed by atoms with Crippen molar-refractivity contribution >= 4 is 17.3 Å². The summed E-state index contributed by atoms with van der Waals surface area (Å²) in [6, 6.07) is 4.67. The highest BCUT2D eigenvalue weighted by Crippen LogP contribution is 2.24. The second-order valence-corrected chi connectivity index (χ2v) is 4.29. The molecule has 1 aromatic heterocycles. The summed E-state index contributed by atoms with van der Waals surface area (Å²) in [6.45, 7) is 2.58. The summed E-state index contributed by atoms with van der Waals surface area (Å²) in [5.74, 6) is 1.04. The second-order valence-electron chi connectivity index (χ2n) is 3.88. The zero-order valence-electron chi connectivity index (χ0n) is 10.1. The molecule has 0 spiro atoms. The van der Waals surface area contributed by atoms with Crippen LogP contribution in [-0.2, 0) is 13.1 Å². The number of nitrogens with zero attached hydrogens (tertiary/aromatic N) is 3. The topological polar surface area (TPSA) is 94.1 Å². The zero-order valence-corrected chi connectivity index (χ0v) is 10.8. The molecular weight excluding hydrogens is 272 g/mol. The number of halogens is 1. The molecule has 100 valence electrons. The Hall–Kier alpha value is -1.99. The van der Waals surface area contributed by atoms with Crippen molar-refractivity contribution in [2.45, 2.75) is 20.0 Å². The lowest BCUT2D eigenvalue weighted by atomic mass is 10.2. The summed E-state index contributed by atoms with van der Waals surface area (Å²) in [4.78, 5) is 14.3. The van der Waals surface area contributed by atoms with E-state index < -0.39 is 4.92 Å². The molecule has 0 bridgehead atoms. The van der Waals surface area contributed by atoms with Gasteiger partial charge in [0.1, 0.15) is 5.02 Å². The smallest absolute Gasteiger partial charge is 0.288 e. The van der Waals surface area contributed by atoms with Crippen molar-refractivity contribution in [2.75, 3.05) is 0 Å². The SMILES string of the molecule is Cc1noc(CNCc2ccc(Cl)c([N+](=O)[O-])c2)n1. The summed E-state index contributed by atoms with van der Waals surface area (Å²) >= 11 is 5.73. The number of nitro groups is 1. The maximum Gasteiger partial charge on any atom is 0.288 e. The van der Waals surface area contributed by atoms with Crippen LogP contribution in [0.15, 0.2) is 22.7 Å². The van der Waals surface area contributed by atoms with E-state index in [0.717, 1.165) is 5.56 Å². The number of nitrogens with one attached hydrogen (secondary N) is 1. The van der Waals surface area contributed by atoms with Gasteiger partial charge < -0.3 is 9.84 Å². The van der Waals surface area contributed by atoms with Crippen molar-refractivity contribution in [1.82, 2.24) is 15.5 Å². The van der Waals surface area contributed by atoms with Gasteiger partial charge in [-0.15, -0.1) is 0 Å². The first-order chi connectivity index (χ1) is 9.06. The van der Waals surface area contributed by atoms with Gasteiger partial charge in [-0.3, -0.25) is 10.1 Å². The molecule has 0 unspecified atom stereocenters. The highest BCUT2D eigenvalue weighted by atomic mass is 35.5. The molecular formula is C11H11ClN4O3. The number of hydrogen-bond donors (Lipinski definition) is 1. The van der Waals surface area contributed by atoms with Crippen molar-refractivity contribution in [3.05, 3.63) is 50.6 Å². The number of hydrogen-bond acceptors (Lipinski definition) is 6. The van der Waals surface area contributed by atoms with Crippen LogP contribution in [-0.4, -0.2) is 15.1 Å². The Morgan fingerprint density at radius 2 is 2.26 bits per heavy atom. The molecule has 0 radical (unpaired) electrons. The molecule has 2 rings (SSSR count). The van der Waals surface area contributed by atoms with Crippen LogP contribution in [0.5, 0.6) is 0 Å². The maximum atomic E-state index is 10.7. The van der Waals surface area contributed by atoms with Crippen LogP contribution in [0.2, 0.25) is 5.02 Å². The fourth-order valence-corrected chi connectivity index (χ4v) is 1.72. The fraction of sp³-hybridized carbons (Fsp3) is 0.273. The third kappa shape index (κ3) is 3.49. The van der Waals surface area contributed by atoms with E-state index in [4.69, 9.17) is 16.1 Å². The van der Waals surface area contributed by atoms with E-state index in [9.17, 15) is 10.1 Å². The van der Waals surface area contributed by atoms with Crippen LogP contribution < -0.4 is 5.32 Å². The van der Waals surface area contributed by atoms with Crippen LogP contribution in [0, 0.1) is 17.0 Å². The van der Waals surface area contributed by atoms with Gasteiger partial charge in [0, 0.05) is 12.6 Å². The van der Waals surface area contributed by atoms with Gasteiger partial charge in [0.15, 0.2) is 5.82 Å². The first-order valence-electron chi connectivity index (χ1n) is 5.49. The number of benzene rings is 1. The molecule has 0 atom stereocenters. The van der Waals surface area contributed by atoms with Crippen LogP contribution in [0.3, 0.4) is 0 Å². The molecule has 0 saturated heterocycles. The van der Waals surface area contributed by atoms with Crippen LogP contribution in [0.1, 0.15) is 17.3 Å². The molecule has 7 nitrogen and oxygen atoms in total. The molecule has 19 heavy (non-hydrogen) atoms. The summed E-state index contributed by atoms with van der Waals surface area (Å²) in [5, 5.41) is 17.6. The Kier molecular flexibility index (Phi) is 4.08. The fourth-order valence-electron chi connectivity index (χ4n) is 1.53. The molecule has 1 heterocycles. The quantitative estimate of drug-likeness (QED) is 0.667. The molecule has 8 heteroatoms. The third-order valence-corrected chi connectivity index (χ3v) is 2.70. The van der Waals surface area contributed by atoms with Crippen molar-refractivity contribution in [3.8, 4) is 0 Å². The Morgan fingerprint density at radius 3 is 2.89 bits per heavy atom. The highest BCUT2D eigenvalue weighted by Gasteiger charge is 2.12. The van der Waals surface area contributed by atoms with E-state index >= 15 is 0 Å². The Balaban J connectivity index is 1.96. The van der Waals surface area contributed by atoms with Gasteiger partial charge in [-0.05, 0) is 18.6 Å². The van der Waals surface area contributed by atoms with Crippen molar-refractivity contribution in [3.63, 3.8) is 0 Å². The summed E-state index contributed by atoms with van der Waals surface area (Å²) in [7, 11) is 0. The lowest BCUT2D eigenvalue weighted by Crippen LogP contribution is -2.13. The second kappa shape index (κ2) is 5.77. The third-order valence-electron chi connectivity index (χ3n) is 2.38. The molecule has 0 aliphatic rings. The molecule has 0 fully saturated rings. The van der Waals surface area contributed by atoms with E-state index in [1.807, 2.05) is 0 Å². The lowest BCUT2D eigenvalue weighted by molar-refractivity contribution is -0.384. The van der Waals surface area contributed by atoms with E-state index in [0.29, 0.717) is 24.8 Å². The van der Waals surface area contributed by atoms with E-state index in [2.05, 4.69) is 15.5 Å². The average molecular weight is 283 g/mol. The predicted molar refractivity (Wildman–Crippen MR) is 67.7 cm³/mol. The molecule has 0 saturated carbocycles. The van der Waals surface area contributed by atoms with Gasteiger partial charge in [-0.25, -0.2) is 0 Å². The minimum atomic E-state index is -0.507. The van der Waals surface area contributed by atoms with Crippen molar-refractivity contribution in [2.24, 2.45) is 0 Å². The number of nitro benzene ring substituents is 1. The molecule has 2 aromatic rings. The monoisotopic (exact) mass is 282 g/mol. The largest absolute Gasteiger partial charge is 0.338 e. The Labute approximate surface area is 113 Å². The summed E-state index contributed by atoms with van der Waals surface area (Å²) in [6.07, 6.45) is 0. The summed E-state index contributed by atoms with van der Waals surface area (Å²) < 4.78 is 4.93. The van der Waals surface area contributed by atoms with Crippen LogP contribution in [0.4, 0.5) is 5.69 Å². The van der Waals surface area contributed by atoms with Gasteiger partial charge >= 0.3 is 0 Å². The van der Waals surface area contributed by atoms with Gasteiger partial charge in [0.2, 0.25) is 5.89 Å². The molecule has 0 aliphatic heterocycles. The Bertz CT molecular complexity index is 599. The molecule has 0 amide bonds. The Morgan fingerprint density at radius 1 is 1.47 bits per heavy atom.